The van der Waals surface area contributed by atoms with Gasteiger partial charge in [0.05, 0.1) is 45.6 Å². The number of carbonyl (C=O) groups is 5. The Morgan fingerprint density at radius 2 is 1.65 bits per heavy atom. The SMILES string of the molecule is [2H]C([2H])([2H])Oc1ncc(-c2ccnc(N3CCc4c(sc5c4CCCC5)C3=O)c2CO)cc1Nc1ccc(N2CCN(C3CCN(c4ccc5c(c4)C(=O)N([C@H]4CCC(=O)NC4=O)C5=O)CC3)C[C@@H]2C)cn1. The molecule has 0 spiro atoms. The summed E-state index contributed by atoms with van der Waals surface area (Å²) in [6.45, 7) is 6.27. The number of aliphatic hydroxyl groups excluding tert-OH is 1. The van der Waals surface area contributed by atoms with Crippen molar-refractivity contribution in [1.82, 2.24) is 30.1 Å². The minimum absolute atomic E-state index is 0.0693. The lowest BCUT2D eigenvalue weighted by molar-refractivity contribution is -0.136. The van der Waals surface area contributed by atoms with Crippen molar-refractivity contribution in [2.45, 2.75) is 89.4 Å². The second-order valence-corrected chi connectivity index (χ2v) is 19.8. The van der Waals surface area contributed by atoms with Crippen LogP contribution in [0.1, 0.15) is 102 Å². The normalized spacial score (nSPS) is 21.9. The first-order valence-corrected chi connectivity index (χ1v) is 24.6. The molecule has 4 aromatic heterocycles. The molecule has 0 radical (unpaired) electrons. The molecule has 0 bridgehead atoms. The highest BCUT2D eigenvalue weighted by molar-refractivity contribution is 7.14. The Kier molecular flexibility index (Phi) is 10.9. The Labute approximate surface area is 407 Å². The van der Waals surface area contributed by atoms with Crippen molar-refractivity contribution in [3.05, 3.63) is 98.6 Å². The second-order valence-electron chi connectivity index (χ2n) is 18.7. The van der Waals surface area contributed by atoms with Gasteiger partial charge < -0.3 is 25.0 Å². The van der Waals surface area contributed by atoms with Crippen molar-refractivity contribution < 1.29 is 37.9 Å². The number of hydrogen-bond acceptors (Lipinski definition) is 15. The number of nitrogens with zero attached hydrogens (tertiary/aromatic N) is 8. The minimum Gasteiger partial charge on any atom is -0.480 e. The molecule has 3 N–H and O–H groups in total. The summed E-state index contributed by atoms with van der Waals surface area (Å²) in [7, 11) is -2.79. The molecule has 3 saturated heterocycles. The first-order valence-electron chi connectivity index (χ1n) is 25.3. The molecule has 1 aliphatic carbocycles. The van der Waals surface area contributed by atoms with Gasteiger partial charge in [0.25, 0.3) is 17.7 Å². The van der Waals surface area contributed by atoms with Crippen LogP contribution >= 0.6 is 11.3 Å². The third kappa shape index (κ3) is 8.07. The van der Waals surface area contributed by atoms with E-state index in [1.807, 2.05) is 18.2 Å². The highest BCUT2D eigenvalue weighted by Crippen LogP contribution is 2.41. The number of aliphatic hydroxyl groups is 1. The molecule has 0 saturated carbocycles. The van der Waals surface area contributed by atoms with Crippen LogP contribution in [0.4, 0.5) is 28.7 Å². The molecule has 3 fully saturated rings. The van der Waals surface area contributed by atoms with Crippen molar-refractivity contribution in [1.29, 1.82) is 0 Å². The fourth-order valence-corrected chi connectivity index (χ4v) is 12.6. The van der Waals surface area contributed by atoms with Gasteiger partial charge in [0.1, 0.15) is 23.4 Å². The molecule has 1 aromatic carbocycles. The number of imide groups is 2. The summed E-state index contributed by atoms with van der Waals surface area (Å²) in [4.78, 5) is 90.6. The van der Waals surface area contributed by atoms with E-state index in [9.17, 15) is 29.1 Å². The molecule has 9 heterocycles. The number of hydrogen-bond donors (Lipinski definition) is 3. The Hall–Kier alpha value is -6.76. The van der Waals surface area contributed by atoms with E-state index in [2.05, 4.69) is 42.2 Å². The number of ether oxygens (including phenoxy) is 1. The fourth-order valence-electron chi connectivity index (χ4n) is 11.2. The summed E-state index contributed by atoms with van der Waals surface area (Å²) in [5.41, 5.74) is 6.67. The van der Waals surface area contributed by atoms with E-state index < -0.39 is 43.3 Å². The van der Waals surface area contributed by atoms with Gasteiger partial charge in [-0.05, 0) is 117 Å². The number of thiophene rings is 1. The number of aryl methyl sites for hydroxylation is 1. The second kappa shape index (κ2) is 18.3. The minimum atomic E-state index is -2.79. The Morgan fingerprint density at radius 3 is 2.43 bits per heavy atom. The predicted molar refractivity (Wildman–Crippen MR) is 261 cm³/mol. The number of rotatable bonds is 10. The van der Waals surface area contributed by atoms with Gasteiger partial charge in [-0.25, -0.2) is 15.0 Å². The standard InChI is InChI=1S/C51H54N10O7S/c1-29-27-58(31-14-18-57(19-15-31)32-7-9-37-38(24-32)50(66)61(49(37)65)41-10-12-44(63)56-47(41)64)21-22-59(29)33-8-11-43(53-26-33)55-40-23-30(25-54-48(40)68-2)34-13-17-52-46(39(34)28-62)60-20-16-36-35-5-3-4-6-42(35)69-45(36)51(60)67/h7-9,11,13,17,23-26,29,31,41,62H,3-6,10,12,14-16,18-22,27-28H2,1-2H3,(H,53,55)(H,56,63,64)/t29-,41-/m0/s1/i2D3. The van der Waals surface area contributed by atoms with Crippen molar-refractivity contribution in [3.8, 4) is 17.0 Å². The lowest BCUT2D eigenvalue weighted by Gasteiger charge is -2.46. The molecule has 5 aliphatic heterocycles. The van der Waals surface area contributed by atoms with Crippen LogP contribution < -0.4 is 30.1 Å². The first kappa shape index (κ1) is 41.2. The van der Waals surface area contributed by atoms with Crippen LogP contribution in [0, 0.1) is 0 Å². The van der Waals surface area contributed by atoms with Crippen LogP contribution in [0.5, 0.6) is 5.88 Å². The number of pyridine rings is 3. The maximum atomic E-state index is 14.0. The third-order valence-electron chi connectivity index (χ3n) is 14.8. The van der Waals surface area contributed by atoms with Crippen molar-refractivity contribution in [2.24, 2.45) is 0 Å². The number of piperazine rings is 1. The Balaban J connectivity index is 0.738. The van der Waals surface area contributed by atoms with Crippen molar-refractivity contribution >= 4 is 69.6 Å². The first-order chi connectivity index (χ1) is 34.7. The van der Waals surface area contributed by atoms with E-state index in [0.29, 0.717) is 40.9 Å². The van der Waals surface area contributed by atoms with Crippen LogP contribution in [0.2, 0.25) is 0 Å². The largest absolute Gasteiger partial charge is 0.480 e. The van der Waals surface area contributed by atoms with Gasteiger partial charge in [-0.1, -0.05) is 0 Å². The number of anilines is 5. The fraction of sp³-hybridized carbons (Fsp3) is 0.412. The van der Waals surface area contributed by atoms with E-state index in [1.165, 1.54) is 16.6 Å². The van der Waals surface area contributed by atoms with Crippen molar-refractivity contribution in [2.75, 3.05) is 66.3 Å². The summed E-state index contributed by atoms with van der Waals surface area (Å²) in [5.74, 6) is -1.52. The smallest absolute Gasteiger partial charge is 0.269 e. The van der Waals surface area contributed by atoms with Crippen LogP contribution in [-0.4, -0.2) is 124 Å². The predicted octanol–water partition coefficient (Wildman–Crippen LogP) is 5.51. The van der Waals surface area contributed by atoms with Gasteiger partial charge in [-0.2, -0.15) is 0 Å². The van der Waals surface area contributed by atoms with Gasteiger partial charge in [-0.15, -0.1) is 11.3 Å². The molecule has 11 rings (SSSR count). The highest BCUT2D eigenvalue weighted by atomic mass is 32.1. The molecule has 5 aromatic rings. The summed E-state index contributed by atoms with van der Waals surface area (Å²) in [6, 6.07) is 12.1. The number of amides is 5. The number of aromatic nitrogens is 3. The number of benzene rings is 1. The zero-order chi connectivity index (χ0) is 50.0. The molecular formula is C51H54N10O7S. The average molecular weight is 954 g/mol. The summed E-state index contributed by atoms with van der Waals surface area (Å²) in [5, 5.41) is 16.3. The molecule has 17 nitrogen and oxygen atoms in total. The van der Waals surface area contributed by atoms with Crippen LogP contribution in [0.25, 0.3) is 11.1 Å². The molecule has 69 heavy (non-hydrogen) atoms. The van der Waals surface area contributed by atoms with Gasteiger partial charge in [-0.3, -0.25) is 44.0 Å². The lowest BCUT2D eigenvalue weighted by atomic mass is 9.92. The number of nitrogens with one attached hydrogen (secondary N) is 2. The Bertz CT molecular complexity index is 3020. The molecule has 5 amide bonds. The topological polar surface area (TPSA) is 194 Å². The molecule has 18 heteroatoms. The third-order valence-corrected chi connectivity index (χ3v) is 16.1. The summed E-state index contributed by atoms with van der Waals surface area (Å²) >= 11 is 1.59. The van der Waals surface area contributed by atoms with Gasteiger partial charge in [0.15, 0.2) is 0 Å². The van der Waals surface area contributed by atoms with E-state index in [-0.39, 0.29) is 47.5 Å². The number of carbonyl (C=O) groups excluding carboxylic acids is 5. The maximum Gasteiger partial charge on any atom is 0.269 e. The van der Waals surface area contributed by atoms with Gasteiger partial charge in [0, 0.05) is 91.9 Å². The van der Waals surface area contributed by atoms with Gasteiger partial charge in [0.2, 0.25) is 17.7 Å². The van der Waals surface area contributed by atoms with E-state index in [0.717, 1.165) is 104 Å². The van der Waals surface area contributed by atoms with E-state index >= 15 is 0 Å². The zero-order valence-corrected chi connectivity index (χ0v) is 39.0. The number of piperidine rings is 2. The molecule has 2 atom stereocenters. The van der Waals surface area contributed by atoms with Crippen LogP contribution in [0.3, 0.4) is 0 Å². The molecule has 356 valence electrons. The molecule has 6 aliphatic rings. The van der Waals surface area contributed by atoms with Crippen molar-refractivity contribution in [3.63, 3.8) is 0 Å². The molecular weight excluding hydrogens is 897 g/mol. The maximum absolute atomic E-state index is 14.0. The Morgan fingerprint density at radius 1 is 0.826 bits per heavy atom. The molecule has 0 unspecified atom stereocenters. The van der Waals surface area contributed by atoms with E-state index in [4.69, 9.17) is 13.8 Å². The highest BCUT2D eigenvalue weighted by Gasteiger charge is 2.45. The number of fused-ring (bicyclic) bond motifs is 4. The lowest BCUT2D eigenvalue weighted by Crippen LogP contribution is -2.57. The summed E-state index contributed by atoms with van der Waals surface area (Å²) in [6.07, 6.45) is 11.9. The van der Waals surface area contributed by atoms with Gasteiger partial charge >= 0.3 is 0 Å². The number of methoxy groups -OCH3 is 1. The van der Waals surface area contributed by atoms with E-state index in [1.54, 1.807) is 52.9 Å². The monoisotopic (exact) mass is 953 g/mol. The quantitative estimate of drug-likeness (QED) is 0.149. The average Bonchev–Trinajstić information content (AvgIpc) is 3.88. The summed E-state index contributed by atoms with van der Waals surface area (Å²) < 4.78 is 28.9. The zero-order valence-electron chi connectivity index (χ0n) is 41.2. The van der Waals surface area contributed by atoms with Crippen LogP contribution in [-0.2, 0) is 35.5 Å². The van der Waals surface area contributed by atoms with Crippen LogP contribution in [0.15, 0.2) is 61.1 Å².